The van der Waals surface area contributed by atoms with Crippen molar-refractivity contribution in [2.24, 2.45) is 0 Å². The van der Waals surface area contributed by atoms with Crippen molar-refractivity contribution in [3.63, 3.8) is 0 Å². The van der Waals surface area contributed by atoms with E-state index in [4.69, 9.17) is 4.74 Å². The van der Waals surface area contributed by atoms with Gasteiger partial charge in [-0.05, 0) is 26.3 Å². The monoisotopic (exact) mass is 263 g/mol. The van der Waals surface area contributed by atoms with E-state index < -0.39 is 18.1 Å². The third-order valence-electron chi connectivity index (χ3n) is 3.69. The van der Waals surface area contributed by atoms with Crippen LogP contribution in [0, 0.1) is 0 Å². The summed E-state index contributed by atoms with van der Waals surface area (Å²) in [6.45, 7) is 5.06. The number of halogens is 3. The molecule has 0 N–H and O–H groups in total. The van der Waals surface area contributed by atoms with Crippen LogP contribution in [-0.2, 0) is 4.74 Å². The molecule has 0 radical (unpaired) electrons. The van der Waals surface area contributed by atoms with Crippen LogP contribution >= 0.6 is 0 Å². The summed E-state index contributed by atoms with van der Waals surface area (Å²) in [6.07, 6.45) is -1.32. The Bertz CT molecular complexity index is 332. The highest BCUT2D eigenvalue weighted by Gasteiger charge is 2.50. The lowest BCUT2D eigenvalue weighted by Gasteiger charge is -2.31. The summed E-state index contributed by atoms with van der Waals surface area (Å²) >= 11 is 0. The first-order valence-corrected chi connectivity index (χ1v) is 6.40. The fourth-order valence-corrected chi connectivity index (χ4v) is 2.99. The van der Waals surface area contributed by atoms with Crippen LogP contribution in [-0.4, -0.2) is 48.8 Å². The highest BCUT2D eigenvalue weighted by atomic mass is 19.3. The van der Waals surface area contributed by atoms with Gasteiger partial charge in [0, 0.05) is 19.5 Å². The van der Waals surface area contributed by atoms with Crippen LogP contribution in [0.1, 0.15) is 26.7 Å². The van der Waals surface area contributed by atoms with Crippen molar-refractivity contribution in [3.05, 3.63) is 11.6 Å². The van der Waals surface area contributed by atoms with Gasteiger partial charge in [-0.2, -0.15) is 0 Å². The lowest BCUT2D eigenvalue weighted by molar-refractivity contribution is 0.00294. The standard InChI is InChI=1S/C13H20F3NO/c1-9(2)18-8-13-4-10(3-12(15)16)6-17(13)7-11(14)5-13/h3,9,11-12H,4-8H2,1-2H3/b10-3-. The zero-order valence-corrected chi connectivity index (χ0v) is 10.8. The minimum absolute atomic E-state index is 0.0722. The Morgan fingerprint density at radius 1 is 1.50 bits per heavy atom. The molecule has 2 aliphatic heterocycles. The van der Waals surface area contributed by atoms with Crippen LogP contribution in [0.25, 0.3) is 0 Å². The Balaban J connectivity index is 2.09. The molecule has 0 amide bonds. The van der Waals surface area contributed by atoms with Gasteiger partial charge in [-0.25, -0.2) is 13.2 Å². The van der Waals surface area contributed by atoms with E-state index in [-0.39, 0.29) is 6.10 Å². The Kier molecular flexibility index (Phi) is 4.02. The SMILES string of the molecule is CC(C)OCC12C/C(=C/C(F)F)CN1CC(F)C2. The number of hydrogen-bond acceptors (Lipinski definition) is 2. The van der Waals surface area contributed by atoms with Crippen LogP contribution in [0.2, 0.25) is 0 Å². The number of rotatable bonds is 4. The van der Waals surface area contributed by atoms with Crippen LogP contribution in [0.4, 0.5) is 13.2 Å². The van der Waals surface area contributed by atoms with Gasteiger partial charge in [-0.1, -0.05) is 5.57 Å². The Hall–Kier alpha value is -0.550. The summed E-state index contributed by atoms with van der Waals surface area (Å²) < 4.78 is 43.9. The average molecular weight is 263 g/mol. The third kappa shape index (κ3) is 2.88. The maximum absolute atomic E-state index is 13.5. The molecule has 2 rings (SSSR count). The quantitative estimate of drug-likeness (QED) is 0.723. The summed E-state index contributed by atoms with van der Waals surface area (Å²) in [7, 11) is 0. The van der Waals surface area contributed by atoms with Gasteiger partial charge in [0.05, 0.1) is 18.2 Å². The van der Waals surface area contributed by atoms with Crippen molar-refractivity contribution in [2.45, 2.75) is 50.9 Å². The first-order chi connectivity index (χ1) is 8.41. The van der Waals surface area contributed by atoms with E-state index in [9.17, 15) is 13.2 Å². The molecule has 0 aromatic carbocycles. The van der Waals surface area contributed by atoms with Gasteiger partial charge in [0.25, 0.3) is 6.43 Å². The normalized spacial score (nSPS) is 35.1. The molecule has 0 aromatic heterocycles. The molecular weight excluding hydrogens is 243 g/mol. The summed E-state index contributed by atoms with van der Waals surface area (Å²) in [5, 5.41) is 0. The molecule has 2 unspecified atom stereocenters. The largest absolute Gasteiger partial charge is 0.377 e. The third-order valence-corrected chi connectivity index (χ3v) is 3.69. The van der Waals surface area contributed by atoms with Gasteiger partial charge in [0.2, 0.25) is 0 Å². The summed E-state index contributed by atoms with van der Waals surface area (Å²) in [6, 6.07) is 0. The van der Waals surface area contributed by atoms with Gasteiger partial charge in [0.1, 0.15) is 6.17 Å². The molecule has 18 heavy (non-hydrogen) atoms. The molecule has 0 aromatic rings. The number of nitrogens with zero attached hydrogens (tertiary/aromatic N) is 1. The molecule has 2 saturated heterocycles. The van der Waals surface area contributed by atoms with Crippen molar-refractivity contribution in [3.8, 4) is 0 Å². The fraction of sp³-hybridized carbons (Fsp3) is 0.846. The number of alkyl halides is 3. The van der Waals surface area contributed by atoms with Gasteiger partial charge < -0.3 is 4.74 Å². The number of allylic oxidation sites excluding steroid dienone is 1. The zero-order valence-electron chi connectivity index (χ0n) is 10.8. The van der Waals surface area contributed by atoms with Crippen molar-refractivity contribution in [1.29, 1.82) is 0 Å². The van der Waals surface area contributed by atoms with E-state index in [0.717, 1.165) is 6.08 Å². The molecule has 0 spiro atoms. The van der Waals surface area contributed by atoms with E-state index in [1.54, 1.807) is 0 Å². The van der Waals surface area contributed by atoms with Gasteiger partial charge in [-0.3, -0.25) is 4.90 Å². The van der Waals surface area contributed by atoms with Crippen LogP contribution in [0.3, 0.4) is 0 Å². The molecule has 0 saturated carbocycles. The smallest absolute Gasteiger partial charge is 0.257 e. The second-order valence-corrected chi connectivity index (χ2v) is 5.60. The molecule has 5 heteroatoms. The lowest BCUT2D eigenvalue weighted by Crippen LogP contribution is -2.43. The highest BCUT2D eigenvalue weighted by molar-refractivity contribution is 5.22. The summed E-state index contributed by atoms with van der Waals surface area (Å²) in [4.78, 5) is 1.97. The van der Waals surface area contributed by atoms with Crippen molar-refractivity contribution < 1.29 is 17.9 Å². The molecule has 2 aliphatic rings. The molecule has 2 atom stereocenters. The topological polar surface area (TPSA) is 12.5 Å². The van der Waals surface area contributed by atoms with Crippen molar-refractivity contribution in [1.82, 2.24) is 4.90 Å². The van der Waals surface area contributed by atoms with E-state index >= 15 is 0 Å². The minimum atomic E-state index is -2.43. The first kappa shape index (κ1) is 13.9. The number of ether oxygens (including phenoxy) is 1. The summed E-state index contributed by atoms with van der Waals surface area (Å²) in [5.74, 6) is 0. The van der Waals surface area contributed by atoms with Crippen LogP contribution < -0.4 is 0 Å². The predicted molar refractivity (Wildman–Crippen MR) is 63.6 cm³/mol. The maximum Gasteiger partial charge on any atom is 0.257 e. The van der Waals surface area contributed by atoms with Gasteiger partial charge in [-0.15, -0.1) is 0 Å². The number of hydrogen-bond donors (Lipinski definition) is 0. The first-order valence-electron chi connectivity index (χ1n) is 6.40. The molecule has 2 fully saturated rings. The Morgan fingerprint density at radius 3 is 2.83 bits per heavy atom. The lowest BCUT2D eigenvalue weighted by atomic mass is 9.92. The molecule has 2 nitrogen and oxygen atoms in total. The molecular formula is C13H20F3NO. The molecule has 104 valence electrons. The minimum Gasteiger partial charge on any atom is -0.377 e. The maximum atomic E-state index is 13.5. The predicted octanol–water partition coefficient (Wildman–Crippen LogP) is 2.79. The van der Waals surface area contributed by atoms with Crippen molar-refractivity contribution >= 4 is 0 Å². The average Bonchev–Trinajstić information content (AvgIpc) is 2.66. The zero-order chi connectivity index (χ0) is 13.3. The second-order valence-electron chi connectivity index (χ2n) is 5.60. The van der Waals surface area contributed by atoms with Gasteiger partial charge in [0.15, 0.2) is 0 Å². The van der Waals surface area contributed by atoms with Gasteiger partial charge >= 0.3 is 0 Å². The van der Waals surface area contributed by atoms with Crippen molar-refractivity contribution in [2.75, 3.05) is 19.7 Å². The number of fused-ring (bicyclic) bond motifs is 1. The highest BCUT2D eigenvalue weighted by Crippen LogP contribution is 2.42. The van der Waals surface area contributed by atoms with Crippen LogP contribution in [0.15, 0.2) is 11.6 Å². The van der Waals surface area contributed by atoms with E-state index in [1.165, 1.54) is 0 Å². The molecule has 2 heterocycles. The second kappa shape index (κ2) is 5.21. The Morgan fingerprint density at radius 2 is 2.22 bits per heavy atom. The summed E-state index contributed by atoms with van der Waals surface area (Å²) in [5.41, 5.74) is 0.314. The molecule has 0 bridgehead atoms. The Labute approximate surface area is 106 Å². The molecule has 0 aliphatic carbocycles. The van der Waals surface area contributed by atoms with E-state index in [2.05, 4.69) is 0 Å². The van der Waals surface area contributed by atoms with E-state index in [0.29, 0.717) is 38.1 Å². The van der Waals surface area contributed by atoms with Crippen LogP contribution in [0.5, 0.6) is 0 Å². The van der Waals surface area contributed by atoms with E-state index in [1.807, 2.05) is 18.7 Å². The fourth-order valence-electron chi connectivity index (χ4n) is 2.99.